The summed E-state index contributed by atoms with van der Waals surface area (Å²) in [5, 5.41) is 3.20. The Labute approximate surface area is 119 Å². The van der Waals surface area contributed by atoms with Gasteiger partial charge in [-0.1, -0.05) is 31.5 Å². The van der Waals surface area contributed by atoms with E-state index in [0.29, 0.717) is 6.54 Å². The molecule has 1 aromatic carbocycles. The first kappa shape index (κ1) is 16.9. The molecule has 0 atom stereocenters. The molecule has 0 aliphatic rings. The van der Waals surface area contributed by atoms with Crippen LogP contribution in [0, 0.1) is 0 Å². The SMILES string of the molecule is CCCCOCCCNCc1ccccc1OC(F)F. The minimum atomic E-state index is -2.79. The largest absolute Gasteiger partial charge is 0.434 e. The molecule has 1 rings (SSSR count). The highest BCUT2D eigenvalue weighted by molar-refractivity contribution is 5.33. The third kappa shape index (κ3) is 7.40. The Bertz CT molecular complexity index is 361. The number of halogens is 2. The topological polar surface area (TPSA) is 30.5 Å². The first-order chi connectivity index (χ1) is 9.74. The summed E-state index contributed by atoms with van der Waals surface area (Å²) >= 11 is 0. The molecule has 1 aromatic rings. The van der Waals surface area contributed by atoms with Gasteiger partial charge in [-0.05, 0) is 25.5 Å². The zero-order chi connectivity index (χ0) is 14.6. The fourth-order valence-corrected chi connectivity index (χ4v) is 1.73. The summed E-state index contributed by atoms with van der Waals surface area (Å²) < 4.78 is 34.4. The van der Waals surface area contributed by atoms with Crippen LogP contribution in [0.4, 0.5) is 8.78 Å². The fourth-order valence-electron chi connectivity index (χ4n) is 1.73. The molecule has 0 aromatic heterocycles. The monoisotopic (exact) mass is 287 g/mol. The van der Waals surface area contributed by atoms with Crippen LogP contribution < -0.4 is 10.1 Å². The minimum absolute atomic E-state index is 0.231. The van der Waals surface area contributed by atoms with Crippen molar-refractivity contribution in [2.24, 2.45) is 0 Å². The molecule has 0 amide bonds. The van der Waals surface area contributed by atoms with E-state index in [1.54, 1.807) is 18.2 Å². The lowest BCUT2D eigenvalue weighted by atomic mass is 10.2. The predicted molar refractivity (Wildman–Crippen MR) is 75.1 cm³/mol. The summed E-state index contributed by atoms with van der Waals surface area (Å²) in [6, 6.07) is 6.82. The second-order valence-electron chi connectivity index (χ2n) is 4.48. The lowest BCUT2D eigenvalue weighted by Gasteiger charge is -2.11. The van der Waals surface area contributed by atoms with Crippen LogP contribution in [0.5, 0.6) is 5.75 Å². The van der Waals surface area contributed by atoms with E-state index in [9.17, 15) is 8.78 Å². The number of para-hydroxylation sites is 1. The molecule has 114 valence electrons. The number of ether oxygens (including phenoxy) is 2. The van der Waals surface area contributed by atoms with Crippen LogP contribution in [0.15, 0.2) is 24.3 Å². The van der Waals surface area contributed by atoms with Gasteiger partial charge in [-0.25, -0.2) is 0 Å². The van der Waals surface area contributed by atoms with Crippen molar-refractivity contribution < 1.29 is 18.3 Å². The van der Waals surface area contributed by atoms with Crippen molar-refractivity contribution in [3.8, 4) is 5.75 Å². The van der Waals surface area contributed by atoms with Crippen LogP contribution in [0.3, 0.4) is 0 Å². The first-order valence-electron chi connectivity index (χ1n) is 7.05. The number of hydrogen-bond acceptors (Lipinski definition) is 3. The molecule has 0 aliphatic heterocycles. The summed E-state index contributed by atoms with van der Waals surface area (Å²) in [5.41, 5.74) is 0.736. The molecule has 0 spiro atoms. The van der Waals surface area contributed by atoms with Gasteiger partial charge in [0.15, 0.2) is 0 Å². The van der Waals surface area contributed by atoms with E-state index in [4.69, 9.17) is 4.74 Å². The lowest BCUT2D eigenvalue weighted by Crippen LogP contribution is -2.17. The second-order valence-corrected chi connectivity index (χ2v) is 4.48. The number of rotatable bonds is 11. The van der Waals surface area contributed by atoms with Crippen molar-refractivity contribution >= 4 is 0 Å². The van der Waals surface area contributed by atoms with E-state index in [-0.39, 0.29) is 5.75 Å². The zero-order valence-corrected chi connectivity index (χ0v) is 11.9. The van der Waals surface area contributed by atoms with E-state index in [1.807, 2.05) is 6.07 Å². The molecule has 5 heteroatoms. The van der Waals surface area contributed by atoms with Crippen molar-refractivity contribution in [3.05, 3.63) is 29.8 Å². The van der Waals surface area contributed by atoms with Crippen LogP contribution in [-0.4, -0.2) is 26.4 Å². The molecule has 0 radical (unpaired) electrons. The maximum absolute atomic E-state index is 12.2. The average Bonchev–Trinajstić information content (AvgIpc) is 2.43. The average molecular weight is 287 g/mol. The van der Waals surface area contributed by atoms with Gasteiger partial charge in [0.2, 0.25) is 0 Å². The van der Waals surface area contributed by atoms with Crippen molar-refractivity contribution in [1.29, 1.82) is 0 Å². The van der Waals surface area contributed by atoms with E-state index < -0.39 is 6.61 Å². The zero-order valence-electron chi connectivity index (χ0n) is 11.9. The van der Waals surface area contributed by atoms with E-state index in [0.717, 1.165) is 44.6 Å². The van der Waals surface area contributed by atoms with Gasteiger partial charge >= 0.3 is 6.61 Å². The van der Waals surface area contributed by atoms with Gasteiger partial charge < -0.3 is 14.8 Å². The molecule has 20 heavy (non-hydrogen) atoms. The van der Waals surface area contributed by atoms with Crippen molar-refractivity contribution in [2.45, 2.75) is 39.3 Å². The Morgan fingerprint density at radius 3 is 2.65 bits per heavy atom. The molecule has 0 aliphatic carbocycles. The third-order valence-corrected chi connectivity index (χ3v) is 2.79. The summed E-state index contributed by atoms with van der Waals surface area (Å²) in [4.78, 5) is 0. The Balaban J connectivity index is 2.18. The Hall–Kier alpha value is -1.20. The summed E-state index contributed by atoms with van der Waals surface area (Å²) in [7, 11) is 0. The number of hydrogen-bond donors (Lipinski definition) is 1. The van der Waals surface area contributed by atoms with Crippen LogP contribution in [0.2, 0.25) is 0 Å². The molecule has 0 unspecified atom stereocenters. The van der Waals surface area contributed by atoms with Gasteiger partial charge in [0, 0.05) is 25.3 Å². The molecule has 0 fully saturated rings. The summed E-state index contributed by atoms with van der Waals surface area (Å²) in [6.45, 7) is 2.17. The molecule has 0 saturated carbocycles. The van der Waals surface area contributed by atoms with Crippen molar-refractivity contribution in [3.63, 3.8) is 0 Å². The number of benzene rings is 1. The smallest absolute Gasteiger partial charge is 0.387 e. The predicted octanol–water partition coefficient (Wildman–Crippen LogP) is 3.58. The highest BCUT2D eigenvalue weighted by Crippen LogP contribution is 2.19. The number of nitrogens with one attached hydrogen (secondary N) is 1. The van der Waals surface area contributed by atoms with Gasteiger partial charge in [-0.2, -0.15) is 8.78 Å². The normalized spacial score (nSPS) is 11.0. The molecule has 0 bridgehead atoms. The van der Waals surface area contributed by atoms with Crippen LogP contribution in [0.1, 0.15) is 31.7 Å². The number of unbranched alkanes of at least 4 members (excludes halogenated alkanes) is 1. The maximum atomic E-state index is 12.2. The van der Waals surface area contributed by atoms with Gasteiger partial charge in [0.05, 0.1) is 0 Å². The van der Waals surface area contributed by atoms with Gasteiger partial charge in [-0.15, -0.1) is 0 Å². The van der Waals surface area contributed by atoms with Crippen molar-refractivity contribution in [1.82, 2.24) is 5.32 Å². The maximum Gasteiger partial charge on any atom is 0.387 e. The highest BCUT2D eigenvalue weighted by Gasteiger charge is 2.08. The summed E-state index contributed by atoms with van der Waals surface area (Å²) in [6.07, 6.45) is 3.13. The molecule has 1 N–H and O–H groups in total. The Kier molecular flexibility index (Phi) is 8.91. The van der Waals surface area contributed by atoms with Gasteiger partial charge in [0.1, 0.15) is 5.75 Å². The quantitative estimate of drug-likeness (QED) is 0.631. The van der Waals surface area contributed by atoms with Crippen LogP contribution >= 0.6 is 0 Å². The molecular weight excluding hydrogens is 264 g/mol. The minimum Gasteiger partial charge on any atom is -0.434 e. The van der Waals surface area contributed by atoms with Gasteiger partial charge in [-0.3, -0.25) is 0 Å². The van der Waals surface area contributed by atoms with E-state index in [2.05, 4.69) is 17.0 Å². The van der Waals surface area contributed by atoms with Gasteiger partial charge in [0.25, 0.3) is 0 Å². The summed E-state index contributed by atoms with van der Waals surface area (Å²) in [5.74, 6) is 0.231. The third-order valence-electron chi connectivity index (χ3n) is 2.79. The Morgan fingerprint density at radius 1 is 1.15 bits per heavy atom. The molecule has 3 nitrogen and oxygen atoms in total. The highest BCUT2D eigenvalue weighted by atomic mass is 19.3. The fraction of sp³-hybridized carbons (Fsp3) is 0.600. The standard InChI is InChI=1S/C15H23F2NO2/c1-2-3-10-19-11-6-9-18-12-13-7-4-5-8-14(13)20-15(16)17/h4-5,7-8,15,18H,2-3,6,9-12H2,1H3. The lowest BCUT2D eigenvalue weighted by molar-refractivity contribution is -0.0504. The Morgan fingerprint density at radius 2 is 1.90 bits per heavy atom. The van der Waals surface area contributed by atoms with Crippen LogP contribution in [-0.2, 0) is 11.3 Å². The molecule has 0 saturated heterocycles. The van der Waals surface area contributed by atoms with Crippen LogP contribution in [0.25, 0.3) is 0 Å². The first-order valence-corrected chi connectivity index (χ1v) is 7.05. The van der Waals surface area contributed by atoms with E-state index >= 15 is 0 Å². The van der Waals surface area contributed by atoms with E-state index in [1.165, 1.54) is 0 Å². The molecular formula is C15H23F2NO2. The van der Waals surface area contributed by atoms with Crippen molar-refractivity contribution in [2.75, 3.05) is 19.8 Å². The second kappa shape index (κ2) is 10.6. The molecule has 0 heterocycles. The number of alkyl halides is 2.